The van der Waals surface area contributed by atoms with Gasteiger partial charge in [0.2, 0.25) is 0 Å². The van der Waals surface area contributed by atoms with Crippen LogP contribution in [0.4, 0.5) is 5.69 Å². The fraction of sp³-hybridized carbons (Fsp3) is 0.143. The summed E-state index contributed by atoms with van der Waals surface area (Å²) in [5, 5.41) is 10.7. The fourth-order valence-electron chi connectivity index (χ4n) is 2.35. The van der Waals surface area contributed by atoms with Crippen LogP contribution in [0, 0.1) is 0 Å². The molecule has 0 amide bonds. The van der Waals surface area contributed by atoms with E-state index in [1.165, 1.54) is 5.56 Å². The second-order valence-electron chi connectivity index (χ2n) is 5.54. The molecule has 0 saturated heterocycles. The van der Waals surface area contributed by atoms with Crippen LogP contribution in [0.5, 0.6) is 11.5 Å². The van der Waals surface area contributed by atoms with E-state index in [9.17, 15) is 0 Å². The molecule has 3 aromatic rings. The van der Waals surface area contributed by atoms with Gasteiger partial charge in [-0.15, -0.1) is 5.11 Å². The van der Waals surface area contributed by atoms with Crippen LogP contribution in [0.25, 0.3) is 0 Å². The fourth-order valence-corrected chi connectivity index (χ4v) is 2.35. The molecular weight excluding hydrogens is 310 g/mol. The Kier molecular flexibility index (Phi) is 5.77. The van der Waals surface area contributed by atoms with E-state index in [0.29, 0.717) is 11.4 Å². The summed E-state index contributed by atoms with van der Waals surface area (Å²) in [4.78, 5) is 0. The van der Waals surface area contributed by atoms with Crippen molar-refractivity contribution in [2.45, 2.75) is 13.5 Å². The van der Waals surface area contributed by atoms with E-state index < -0.39 is 0 Å². The molecule has 0 aliphatic rings. The van der Waals surface area contributed by atoms with Crippen LogP contribution in [0.2, 0.25) is 0 Å². The first kappa shape index (κ1) is 16.7. The first-order valence-corrected chi connectivity index (χ1v) is 8.37. The molecule has 3 aromatic carbocycles. The topological polar surface area (TPSA) is 37.2 Å². The maximum absolute atomic E-state index is 5.92. The molecule has 0 unspecified atom stereocenters. The number of benzene rings is 3. The SMILES string of the molecule is CCN(Cc1ccccc1)N=Nc1ccccc1Oc1ccccc1. The van der Waals surface area contributed by atoms with Gasteiger partial charge in [-0.3, -0.25) is 5.01 Å². The van der Waals surface area contributed by atoms with Gasteiger partial charge in [-0.25, -0.2) is 0 Å². The molecule has 0 N–H and O–H groups in total. The number of hydrogen-bond acceptors (Lipinski definition) is 3. The van der Waals surface area contributed by atoms with E-state index in [0.717, 1.165) is 18.8 Å². The standard InChI is InChI=1S/C21H21N3O/c1-2-24(17-18-11-5-3-6-12-18)23-22-20-15-9-10-16-21(20)25-19-13-7-4-8-14-19/h3-16H,2,17H2,1H3. The van der Waals surface area contributed by atoms with Crippen molar-refractivity contribution in [1.82, 2.24) is 5.01 Å². The molecule has 3 rings (SSSR count). The number of nitrogens with zero attached hydrogens (tertiary/aromatic N) is 3. The van der Waals surface area contributed by atoms with Gasteiger partial charge in [0.1, 0.15) is 11.4 Å². The Bertz CT molecular complexity index is 804. The van der Waals surface area contributed by atoms with Crippen molar-refractivity contribution in [3.63, 3.8) is 0 Å². The zero-order valence-corrected chi connectivity index (χ0v) is 14.2. The molecule has 0 aliphatic heterocycles. The summed E-state index contributed by atoms with van der Waals surface area (Å²) in [7, 11) is 0. The lowest BCUT2D eigenvalue weighted by molar-refractivity contribution is 0.276. The molecule has 4 nitrogen and oxygen atoms in total. The predicted molar refractivity (Wildman–Crippen MR) is 100 cm³/mol. The molecule has 0 fully saturated rings. The first-order valence-electron chi connectivity index (χ1n) is 8.37. The number of rotatable bonds is 7. The minimum absolute atomic E-state index is 0.688. The summed E-state index contributed by atoms with van der Waals surface area (Å²) in [6.07, 6.45) is 0. The molecule has 4 heteroatoms. The van der Waals surface area contributed by atoms with E-state index in [1.807, 2.05) is 77.8 Å². The van der Waals surface area contributed by atoms with E-state index >= 15 is 0 Å². The third-order valence-electron chi connectivity index (χ3n) is 3.69. The Morgan fingerprint density at radius 2 is 1.44 bits per heavy atom. The molecule has 126 valence electrons. The average molecular weight is 331 g/mol. The Labute approximate surface area is 148 Å². The van der Waals surface area contributed by atoms with Crippen LogP contribution in [0.15, 0.2) is 95.3 Å². The van der Waals surface area contributed by atoms with Gasteiger partial charge in [-0.05, 0) is 36.8 Å². The van der Waals surface area contributed by atoms with E-state index in [1.54, 1.807) is 0 Å². The molecule has 0 atom stereocenters. The third kappa shape index (κ3) is 4.91. The molecule has 0 aliphatic carbocycles. The van der Waals surface area contributed by atoms with Gasteiger partial charge in [0.05, 0.1) is 6.54 Å². The van der Waals surface area contributed by atoms with Crippen LogP contribution < -0.4 is 4.74 Å². The summed E-state index contributed by atoms with van der Waals surface area (Å²) >= 11 is 0. The van der Waals surface area contributed by atoms with E-state index in [4.69, 9.17) is 4.74 Å². The van der Waals surface area contributed by atoms with Crippen LogP contribution in [-0.4, -0.2) is 11.6 Å². The highest BCUT2D eigenvalue weighted by atomic mass is 16.5. The summed E-state index contributed by atoms with van der Waals surface area (Å²) in [6.45, 7) is 3.57. The molecule has 0 aromatic heterocycles. The van der Waals surface area contributed by atoms with Crippen molar-refractivity contribution in [3.05, 3.63) is 90.5 Å². The van der Waals surface area contributed by atoms with Gasteiger partial charge < -0.3 is 4.74 Å². The van der Waals surface area contributed by atoms with Gasteiger partial charge in [0, 0.05) is 6.54 Å². The second-order valence-corrected chi connectivity index (χ2v) is 5.54. The van der Waals surface area contributed by atoms with Gasteiger partial charge in [0.25, 0.3) is 0 Å². The lowest BCUT2D eigenvalue weighted by Crippen LogP contribution is -2.15. The molecule has 0 spiro atoms. The molecule has 25 heavy (non-hydrogen) atoms. The van der Waals surface area contributed by atoms with Gasteiger partial charge in [-0.2, -0.15) is 0 Å². The second kappa shape index (κ2) is 8.64. The quantitative estimate of drug-likeness (QED) is 0.393. The predicted octanol–water partition coefficient (Wildman–Crippen LogP) is 6.00. The van der Waals surface area contributed by atoms with Gasteiger partial charge in [0.15, 0.2) is 5.75 Å². The van der Waals surface area contributed by atoms with E-state index in [2.05, 4.69) is 29.4 Å². The van der Waals surface area contributed by atoms with E-state index in [-0.39, 0.29) is 0 Å². The van der Waals surface area contributed by atoms with Gasteiger partial charge in [-0.1, -0.05) is 65.9 Å². The van der Waals surface area contributed by atoms with Crippen LogP contribution in [0.3, 0.4) is 0 Å². The van der Waals surface area contributed by atoms with Crippen LogP contribution in [0.1, 0.15) is 12.5 Å². The monoisotopic (exact) mass is 331 g/mol. The normalized spacial score (nSPS) is 10.8. The summed E-state index contributed by atoms with van der Waals surface area (Å²) in [6, 6.07) is 27.6. The number of hydrogen-bond donors (Lipinski definition) is 0. The summed E-state index contributed by atoms with van der Waals surface area (Å²) in [5.74, 6) is 1.47. The van der Waals surface area contributed by atoms with Crippen molar-refractivity contribution in [2.24, 2.45) is 10.3 Å². The third-order valence-corrected chi connectivity index (χ3v) is 3.69. The largest absolute Gasteiger partial charge is 0.455 e. The highest BCUT2D eigenvalue weighted by Gasteiger charge is 2.05. The Hall–Kier alpha value is -3.14. The minimum atomic E-state index is 0.688. The molecule has 0 radical (unpaired) electrons. The lowest BCUT2D eigenvalue weighted by atomic mass is 10.2. The highest BCUT2D eigenvalue weighted by molar-refractivity contribution is 5.52. The van der Waals surface area contributed by atoms with Crippen LogP contribution >= 0.6 is 0 Å². The maximum Gasteiger partial charge on any atom is 0.154 e. The summed E-state index contributed by atoms with van der Waals surface area (Å²) in [5.41, 5.74) is 1.91. The van der Waals surface area contributed by atoms with Gasteiger partial charge >= 0.3 is 0 Å². The maximum atomic E-state index is 5.92. The molecule has 0 heterocycles. The zero-order valence-electron chi connectivity index (χ0n) is 14.2. The minimum Gasteiger partial charge on any atom is -0.455 e. The van der Waals surface area contributed by atoms with Crippen molar-refractivity contribution in [3.8, 4) is 11.5 Å². The Morgan fingerprint density at radius 3 is 2.16 bits per heavy atom. The van der Waals surface area contributed by atoms with Crippen molar-refractivity contribution < 1.29 is 4.74 Å². The lowest BCUT2D eigenvalue weighted by Gasteiger charge is -2.15. The zero-order chi connectivity index (χ0) is 17.3. The van der Waals surface area contributed by atoms with Crippen molar-refractivity contribution in [1.29, 1.82) is 0 Å². The molecule has 0 saturated carbocycles. The van der Waals surface area contributed by atoms with Crippen molar-refractivity contribution >= 4 is 5.69 Å². The number of para-hydroxylation sites is 2. The highest BCUT2D eigenvalue weighted by Crippen LogP contribution is 2.31. The molecular formula is C21H21N3O. The molecule has 0 bridgehead atoms. The first-order chi connectivity index (χ1) is 12.3. The Balaban J connectivity index is 1.74. The summed E-state index contributed by atoms with van der Waals surface area (Å²) < 4.78 is 5.92. The van der Waals surface area contributed by atoms with Crippen LogP contribution in [-0.2, 0) is 6.54 Å². The Morgan fingerprint density at radius 1 is 0.800 bits per heavy atom. The smallest absolute Gasteiger partial charge is 0.154 e. The average Bonchev–Trinajstić information content (AvgIpc) is 2.68. The number of ether oxygens (including phenoxy) is 1. The van der Waals surface area contributed by atoms with Crippen molar-refractivity contribution in [2.75, 3.05) is 6.54 Å².